The molecule has 1 aliphatic rings. The predicted molar refractivity (Wildman–Crippen MR) is 60.9 cm³/mol. The van der Waals surface area contributed by atoms with Crippen LogP contribution >= 0.6 is 0 Å². The van der Waals surface area contributed by atoms with Crippen molar-refractivity contribution in [3.05, 3.63) is 35.4 Å². The molecule has 3 nitrogen and oxygen atoms in total. The smallest absolute Gasteiger partial charge is 0.378 e. The molecule has 0 aliphatic carbocycles. The van der Waals surface area contributed by atoms with Gasteiger partial charge in [0.15, 0.2) is 6.17 Å². The van der Waals surface area contributed by atoms with E-state index < -0.39 is 18.2 Å². The summed E-state index contributed by atoms with van der Waals surface area (Å²) < 4.78 is 37.4. The van der Waals surface area contributed by atoms with Gasteiger partial charge in [-0.1, -0.05) is 31.2 Å². The third-order valence-electron chi connectivity index (χ3n) is 2.74. The van der Waals surface area contributed by atoms with Crippen LogP contribution in [-0.2, 0) is 11.3 Å². The van der Waals surface area contributed by atoms with E-state index in [0.717, 1.165) is 17.0 Å². The number of aryl methyl sites for hydroxylation is 1. The van der Waals surface area contributed by atoms with E-state index in [1.807, 2.05) is 19.1 Å². The zero-order valence-corrected chi connectivity index (χ0v) is 10.0. The van der Waals surface area contributed by atoms with E-state index in [-0.39, 0.29) is 0 Å². The van der Waals surface area contributed by atoms with E-state index >= 15 is 0 Å². The van der Waals surface area contributed by atoms with Gasteiger partial charge in [-0.05, 0) is 17.5 Å². The molecule has 1 atom stereocenters. The van der Waals surface area contributed by atoms with Crippen molar-refractivity contribution in [2.45, 2.75) is 25.7 Å². The van der Waals surface area contributed by atoms with Gasteiger partial charge in [-0.2, -0.15) is 13.2 Å². The quantitative estimate of drug-likeness (QED) is 0.814. The molecule has 1 aliphatic heterocycles. The Labute approximate surface area is 103 Å². The first-order valence-corrected chi connectivity index (χ1v) is 5.56. The van der Waals surface area contributed by atoms with Gasteiger partial charge in [0.25, 0.3) is 0 Å². The fourth-order valence-corrected chi connectivity index (χ4v) is 1.74. The first kappa shape index (κ1) is 12.9. The fraction of sp³-hybridized carbons (Fsp3) is 0.417. The topological polar surface area (TPSA) is 24.8 Å². The second-order valence-corrected chi connectivity index (χ2v) is 4.04. The number of aliphatic imine (C=N–C) groups is 1. The molecule has 0 spiro atoms. The van der Waals surface area contributed by atoms with Crippen LogP contribution in [0.4, 0.5) is 13.2 Å². The number of hydroxylamine groups is 2. The van der Waals surface area contributed by atoms with Gasteiger partial charge in [0.2, 0.25) is 0 Å². The van der Waals surface area contributed by atoms with Crippen LogP contribution in [0.1, 0.15) is 24.2 Å². The largest absolute Gasteiger partial charge is 0.470 e. The maximum Gasteiger partial charge on any atom is 0.470 e. The van der Waals surface area contributed by atoms with Crippen LogP contribution in [0, 0.1) is 0 Å². The Balaban J connectivity index is 2.24. The summed E-state index contributed by atoms with van der Waals surface area (Å²) in [5.41, 5.74) is 1.80. The number of halogens is 3. The van der Waals surface area contributed by atoms with Gasteiger partial charge in [0.1, 0.15) is 0 Å². The number of rotatable bonds is 2. The second-order valence-electron chi connectivity index (χ2n) is 4.04. The van der Waals surface area contributed by atoms with E-state index in [4.69, 9.17) is 0 Å². The van der Waals surface area contributed by atoms with Crippen LogP contribution in [-0.4, -0.2) is 24.2 Å². The first-order chi connectivity index (χ1) is 8.41. The molecule has 1 heterocycles. The molecule has 1 unspecified atom stereocenters. The van der Waals surface area contributed by atoms with Crippen LogP contribution in [0.5, 0.6) is 0 Å². The molecule has 98 valence electrons. The fourth-order valence-electron chi connectivity index (χ4n) is 1.74. The number of hydrogen-bond acceptors (Lipinski definition) is 3. The molecule has 6 heteroatoms. The zero-order valence-electron chi connectivity index (χ0n) is 10.0. The highest BCUT2D eigenvalue weighted by atomic mass is 19.4. The van der Waals surface area contributed by atoms with Crippen molar-refractivity contribution in [3.8, 4) is 0 Å². The van der Waals surface area contributed by atoms with E-state index in [9.17, 15) is 13.2 Å². The maximum absolute atomic E-state index is 12.5. The highest BCUT2D eigenvalue weighted by molar-refractivity contribution is 5.82. The van der Waals surface area contributed by atoms with Crippen LogP contribution in [0.3, 0.4) is 0 Å². The van der Waals surface area contributed by atoms with Gasteiger partial charge in [-0.3, -0.25) is 0 Å². The highest BCUT2D eigenvalue weighted by Crippen LogP contribution is 2.32. The average Bonchev–Trinajstić information content (AvgIpc) is 2.71. The summed E-state index contributed by atoms with van der Waals surface area (Å²) in [7, 11) is 1.43. The lowest BCUT2D eigenvalue weighted by Gasteiger charge is -2.16. The van der Waals surface area contributed by atoms with Crippen LogP contribution in [0.2, 0.25) is 0 Å². The highest BCUT2D eigenvalue weighted by Gasteiger charge is 2.44. The van der Waals surface area contributed by atoms with Crippen molar-refractivity contribution in [2.75, 3.05) is 7.05 Å². The molecule has 0 aromatic heterocycles. The number of alkyl halides is 3. The molecule has 0 saturated heterocycles. The summed E-state index contributed by atoms with van der Waals surface area (Å²) in [6.07, 6.45) is -4.41. The van der Waals surface area contributed by atoms with E-state index in [1.54, 1.807) is 12.1 Å². The number of benzene rings is 1. The van der Waals surface area contributed by atoms with E-state index in [0.29, 0.717) is 5.56 Å². The minimum atomic E-state index is -4.55. The predicted octanol–water partition coefficient (Wildman–Crippen LogP) is 3.09. The number of hydrogen-bond donors (Lipinski definition) is 0. The Hall–Kier alpha value is -1.56. The molecule has 0 saturated carbocycles. The minimum absolute atomic E-state index is 0.675. The lowest BCUT2D eigenvalue weighted by atomic mass is 10.1. The third kappa shape index (κ3) is 2.48. The minimum Gasteiger partial charge on any atom is -0.378 e. The van der Waals surface area contributed by atoms with Crippen LogP contribution in [0.25, 0.3) is 0 Å². The normalized spacial score (nSPS) is 20.7. The van der Waals surface area contributed by atoms with Gasteiger partial charge in [0.05, 0.1) is 0 Å². The lowest BCUT2D eigenvalue weighted by Crippen LogP contribution is -2.27. The summed E-state index contributed by atoms with van der Waals surface area (Å²) in [6.45, 7) is 2.01. The Morgan fingerprint density at radius 2 is 1.89 bits per heavy atom. The molecule has 18 heavy (non-hydrogen) atoms. The maximum atomic E-state index is 12.5. The molecule has 2 rings (SSSR count). The summed E-state index contributed by atoms with van der Waals surface area (Å²) in [5, 5.41) is 1.10. The van der Waals surface area contributed by atoms with Crippen molar-refractivity contribution in [3.63, 3.8) is 0 Å². The summed E-state index contributed by atoms with van der Waals surface area (Å²) in [5.74, 6) is -1.20. The van der Waals surface area contributed by atoms with Gasteiger partial charge >= 0.3 is 12.1 Å². The molecule has 1 aromatic rings. The van der Waals surface area contributed by atoms with E-state index in [2.05, 4.69) is 9.83 Å². The third-order valence-corrected chi connectivity index (χ3v) is 2.74. The molecule has 0 bridgehead atoms. The standard InChI is InChI=1S/C12H13F3N2O/c1-3-8-4-6-9(7-5-8)10-16-11(12(13,14)15)18-17(10)2/h4-7,10H,3H2,1-2H3. The van der Waals surface area contributed by atoms with Crippen LogP contribution < -0.4 is 0 Å². The van der Waals surface area contributed by atoms with Crippen molar-refractivity contribution < 1.29 is 18.0 Å². The molecule has 1 aromatic carbocycles. The summed E-state index contributed by atoms with van der Waals surface area (Å²) in [4.78, 5) is 8.17. The molecular weight excluding hydrogens is 245 g/mol. The SMILES string of the molecule is CCc1ccc(C2N=C(C(F)(F)F)ON2C)cc1. The Kier molecular flexibility index (Phi) is 3.30. The van der Waals surface area contributed by atoms with Crippen molar-refractivity contribution in [1.82, 2.24) is 5.06 Å². The number of nitrogens with zero attached hydrogens (tertiary/aromatic N) is 2. The van der Waals surface area contributed by atoms with Crippen molar-refractivity contribution >= 4 is 5.90 Å². The van der Waals surface area contributed by atoms with Gasteiger partial charge in [0, 0.05) is 7.05 Å². The molecule has 0 amide bonds. The average molecular weight is 258 g/mol. The van der Waals surface area contributed by atoms with Gasteiger partial charge < -0.3 is 4.84 Å². The summed E-state index contributed by atoms with van der Waals surface area (Å²) in [6, 6.07) is 7.30. The molecule has 0 fully saturated rings. The van der Waals surface area contributed by atoms with Crippen molar-refractivity contribution in [1.29, 1.82) is 0 Å². The van der Waals surface area contributed by atoms with Gasteiger partial charge in [-0.25, -0.2) is 4.99 Å². The molecule has 0 N–H and O–H groups in total. The molecule has 0 radical (unpaired) electrons. The van der Waals surface area contributed by atoms with Gasteiger partial charge in [-0.15, -0.1) is 5.06 Å². The first-order valence-electron chi connectivity index (χ1n) is 5.56. The van der Waals surface area contributed by atoms with Crippen LogP contribution in [0.15, 0.2) is 29.3 Å². The second kappa shape index (κ2) is 4.61. The Bertz CT molecular complexity index is 453. The summed E-state index contributed by atoms with van der Waals surface area (Å²) >= 11 is 0. The monoisotopic (exact) mass is 258 g/mol. The lowest BCUT2D eigenvalue weighted by molar-refractivity contribution is -0.122. The Morgan fingerprint density at radius 3 is 2.33 bits per heavy atom. The van der Waals surface area contributed by atoms with Crippen molar-refractivity contribution in [2.24, 2.45) is 4.99 Å². The van der Waals surface area contributed by atoms with E-state index in [1.165, 1.54) is 7.05 Å². The molecular formula is C12H13F3N2O. The zero-order chi connectivity index (χ0) is 13.3. The Morgan fingerprint density at radius 1 is 1.28 bits per heavy atom.